The van der Waals surface area contributed by atoms with Gasteiger partial charge in [0.1, 0.15) is 0 Å². The first-order valence-corrected chi connectivity index (χ1v) is 7.11. The van der Waals surface area contributed by atoms with E-state index < -0.39 is 5.97 Å². The molecule has 1 rings (SSSR count). The van der Waals surface area contributed by atoms with Crippen molar-refractivity contribution < 1.29 is 14.3 Å². The van der Waals surface area contributed by atoms with E-state index in [-0.39, 0.29) is 12.5 Å². The molecule has 6 nitrogen and oxygen atoms in total. The number of nitrogens with two attached hydrogens (primary N) is 1. The number of carbonyl (C=O) groups excluding carboxylic acids is 2. The second kappa shape index (κ2) is 8.14. The van der Waals surface area contributed by atoms with Crippen molar-refractivity contribution in [2.45, 2.75) is 20.8 Å². The molecule has 0 aliphatic rings. The number of rotatable bonds is 7. The minimum absolute atomic E-state index is 0.00821. The van der Waals surface area contributed by atoms with Crippen LogP contribution in [0, 0.1) is 0 Å². The van der Waals surface area contributed by atoms with Crippen LogP contribution in [-0.4, -0.2) is 43.0 Å². The molecule has 0 aliphatic carbocycles. The van der Waals surface area contributed by atoms with Gasteiger partial charge in [0, 0.05) is 13.1 Å². The van der Waals surface area contributed by atoms with Crippen molar-refractivity contribution in [3.05, 3.63) is 23.8 Å². The van der Waals surface area contributed by atoms with Gasteiger partial charge in [-0.2, -0.15) is 0 Å². The van der Waals surface area contributed by atoms with Crippen molar-refractivity contribution in [1.82, 2.24) is 4.90 Å². The van der Waals surface area contributed by atoms with Crippen LogP contribution in [0.3, 0.4) is 0 Å². The Morgan fingerprint density at radius 3 is 2.43 bits per heavy atom. The van der Waals surface area contributed by atoms with Gasteiger partial charge in [-0.05, 0) is 39.0 Å². The summed E-state index contributed by atoms with van der Waals surface area (Å²) >= 11 is 0. The number of esters is 1. The lowest BCUT2D eigenvalue weighted by Gasteiger charge is -2.19. The molecule has 21 heavy (non-hydrogen) atoms. The Balaban J connectivity index is 2.69. The van der Waals surface area contributed by atoms with Gasteiger partial charge in [-0.15, -0.1) is 0 Å². The first-order chi connectivity index (χ1) is 10.0. The van der Waals surface area contributed by atoms with Crippen molar-refractivity contribution in [2.24, 2.45) is 0 Å². The molecule has 0 aromatic heterocycles. The number of hydrogen-bond donors (Lipinski definition) is 2. The van der Waals surface area contributed by atoms with Gasteiger partial charge in [0.2, 0.25) is 5.91 Å². The summed E-state index contributed by atoms with van der Waals surface area (Å²) in [7, 11) is 0. The van der Waals surface area contributed by atoms with Crippen LogP contribution in [0.15, 0.2) is 18.2 Å². The van der Waals surface area contributed by atoms with Crippen molar-refractivity contribution in [2.75, 3.05) is 37.3 Å². The lowest BCUT2D eigenvalue weighted by molar-refractivity contribution is -0.128. The van der Waals surface area contributed by atoms with Crippen LogP contribution in [0.5, 0.6) is 0 Å². The Morgan fingerprint density at radius 1 is 1.24 bits per heavy atom. The lowest BCUT2D eigenvalue weighted by Crippen LogP contribution is -2.35. The van der Waals surface area contributed by atoms with Gasteiger partial charge >= 0.3 is 5.97 Å². The maximum absolute atomic E-state index is 11.9. The Labute approximate surface area is 125 Å². The summed E-state index contributed by atoms with van der Waals surface area (Å²) in [6, 6.07) is 4.85. The number of anilines is 2. The molecule has 6 heteroatoms. The maximum atomic E-state index is 11.9. The topological polar surface area (TPSA) is 84.7 Å². The molecule has 0 saturated carbocycles. The van der Waals surface area contributed by atoms with Gasteiger partial charge in [0.15, 0.2) is 0 Å². The third-order valence-corrected chi connectivity index (χ3v) is 3.11. The van der Waals surface area contributed by atoms with Crippen LogP contribution >= 0.6 is 0 Å². The van der Waals surface area contributed by atoms with Gasteiger partial charge in [-0.1, -0.05) is 0 Å². The summed E-state index contributed by atoms with van der Waals surface area (Å²) in [5.74, 6) is -0.399. The normalized spacial score (nSPS) is 10.0. The standard InChI is InChI=1S/C15H23N3O3/c1-4-18(5-2)14(19)10-17-13-8-7-11(9-12(13)16)15(20)21-6-3/h7-9,17H,4-6,10,16H2,1-3H3. The molecule has 0 heterocycles. The molecule has 0 aliphatic heterocycles. The highest BCUT2D eigenvalue weighted by Crippen LogP contribution is 2.20. The molecular weight excluding hydrogens is 270 g/mol. The molecule has 1 aromatic carbocycles. The Morgan fingerprint density at radius 2 is 1.90 bits per heavy atom. The minimum atomic E-state index is -0.407. The molecule has 0 unspecified atom stereocenters. The van der Waals surface area contributed by atoms with Crippen LogP contribution in [0.25, 0.3) is 0 Å². The molecule has 1 aromatic rings. The highest BCUT2D eigenvalue weighted by atomic mass is 16.5. The fourth-order valence-electron chi connectivity index (χ4n) is 1.92. The monoisotopic (exact) mass is 293 g/mol. The fourth-order valence-corrected chi connectivity index (χ4v) is 1.92. The third-order valence-electron chi connectivity index (χ3n) is 3.11. The lowest BCUT2D eigenvalue weighted by atomic mass is 10.1. The molecular formula is C15H23N3O3. The summed E-state index contributed by atoms with van der Waals surface area (Å²) in [4.78, 5) is 25.2. The van der Waals surface area contributed by atoms with E-state index >= 15 is 0 Å². The van der Waals surface area contributed by atoms with Crippen LogP contribution in [0.1, 0.15) is 31.1 Å². The highest BCUT2D eigenvalue weighted by molar-refractivity contribution is 5.92. The molecule has 1 amide bonds. The fraction of sp³-hybridized carbons (Fsp3) is 0.467. The summed E-state index contributed by atoms with van der Waals surface area (Å²) in [5.41, 5.74) is 7.32. The van der Waals surface area contributed by atoms with E-state index in [1.54, 1.807) is 30.0 Å². The molecule has 3 N–H and O–H groups in total. The second-order valence-electron chi connectivity index (χ2n) is 4.44. The largest absolute Gasteiger partial charge is 0.462 e. The van der Waals surface area contributed by atoms with E-state index in [4.69, 9.17) is 10.5 Å². The summed E-state index contributed by atoms with van der Waals surface area (Å²) in [5, 5.41) is 2.99. The van der Waals surface area contributed by atoms with Gasteiger partial charge in [0.05, 0.1) is 30.1 Å². The molecule has 0 fully saturated rings. The van der Waals surface area contributed by atoms with Crippen LogP contribution < -0.4 is 11.1 Å². The van der Waals surface area contributed by atoms with Gasteiger partial charge < -0.3 is 20.7 Å². The van der Waals surface area contributed by atoms with Gasteiger partial charge in [-0.3, -0.25) is 4.79 Å². The number of amides is 1. The molecule has 0 saturated heterocycles. The Hall–Kier alpha value is -2.24. The van der Waals surface area contributed by atoms with E-state index in [0.717, 1.165) is 0 Å². The Kier molecular flexibility index (Phi) is 6.52. The second-order valence-corrected chi connectivity index (χ2v) is 4.44. The van der Waals surface area contributed by atoms with E-state index in [2.05, 4.69) is 5.32 Å². The Bertz CT molecular complexity index is 499. The molecule has 0 spiro atoms. The number of nitrogens with zero attached hydrogens (tertiary/aromatic N) is 1. The smallest absolute Gasteiger partial charge is 0.338 e. The zero-order valence-electron chi connectivity index (χ0n) is 12.8. The number of benzene rings is 1. The molecule has 116 valence electrons. The SMILES string of the molecule is CCOC(=O)c1ccc(NCC(=O)N(CC)CC)c(N)c1. The van der Waals surface area contributed by atoms with Crippen molar-refractivity contribution in [1.29, 1.82) is 0 Å². The van der Waals surface area contributed by atoms with E-state index in [1.165, 1.54) is 0 Å². The van der Waals surface area contributed by atoms with Crippen molar-refractivity contribution in [3.63, 3.8) is 0 Å². The van der Waals surface area contributed by atoms with Crippen molar-refractivity contribution >= 4 is 23.3 Å². The number of ether oxygens (including phenoxy) is 1. The van der Waals surface area contributed by atoms with Gasteiger partial charge in [0.25, 0.3) is 0 Å². The summed E-state index contributed by atoms with van der Waals surface area (Å²) < 4.78 is 4.91. The maximum Gasteiger partial charge on any atom is 0.338 e. The number of carbonyl (C=O) groups is 2. The highest BCUT2D eigenvalue weighted by Gasteiger charge is 2.12. The van der Waals surface area contributed by atoms with Crippen LogP contribution in [0.4, 0.5) is 11.4 Å². The van der Waals surface area contributed by atoms with Crippen LogP contribution in [0.2, 0.25) is 0 Å². The predicted octanol–water partition coefficient (Wildman–Crippen LogP) is 1.73. The number of hydrogen-bond acceptors (Lipinski definition) is 5. The van der Waals surface area contributed by atoms with Crippen LogP contribution in [-0.2, 0) is 9.53 Å². The predicted molar refractivity (Wildman–Crippen MR) is 83.2 cm³/mol. The quantitative estimate of drug-likeness (QED) is 0.590. The first kappa shape index (κ1) is 16.8. The molecule has 0 radical (unpaired) electrons. The first-order valence-electron chi connectivity index (χ1n) is 7.11. The van der Waals surface area contributed by atoms with Gasteiger partial charge in [-0.25, -0.2) is 4.79 Å². The zero-order valence-corrected chi connectivity index (χ0v) is 12.8. The number of nitrogens with one attached hydrogen (secondary N) is 1. The van der Waals surface area contributed by atoms with E-state index in [9.17, 15) is 9.59 Å². The number of nitrogen functional groups attached to an aromatic ring is 1. The minimum Gasteiger partial charge on any atom is -0.462 e. The number of likely N-dealkylation sites (N-methyl/N-ethyl adjacent to an activating group) is 1. The van der Waals surface area contributed by atoms with Crippen molar-refractivity contribution in [3.8, 4) is 0 Å². The third kappa shape index (κ3) is 4.66. The molecule has 0 atom stereocenters. The average Bonchev–Trinajstić information content (AvgIpc) is 2.47. The molecule has 0 bridgehead atoms. The van der Waals surface area contributed by atoms with E-state index in [1.807, 2.05) is 13.8 Å². The summed E-state index contributed by atoms with van der Waals surface area (Å²) in [6.07, 6.45) is 0. The summed E-state index contributed by atoms with van der Waals surface area (Å²) in [6.45, 7) is 7.45. The zero-order chi connectivity index (χ0) is 15.8. The average molecular weight is 293 g/mol. The van der Waals surface area contributed by atoms with E-state index in [0.29, 0.717) is 36.6 Å².